The van der Waals surface area contributed by atoms with Crippen LogP contribution in [-0.2, 0) is 16.1 Å². The van der Waals surface area contributed by atoms with Gasteiger partial charge in [0.15, 0.2) is 0 Å². The molecule has 1 aromatic heterocycles. The molecule has 5 heteroatoms. The van der Waals surface area contributed by atoms with Gasteiger partial charge in [0.25, 0.3) is 0 Å². The predicted octanol–water partition coefficient (Wildman–Crippen LogP) is 3.21. The zero-order valence-electron chi connectivity index (χ0n) is 12.2. The first-order valence-electron chi connectivity index (χ1n) is 7.41. The van der Waals surface area contributed by atoms with Crippen LogP contribution in [0.5, 0.6) is 0 Å². The second-order valence-electron chi connectivity index (χ2n) is 5.48. The normalized spacial score (nSPS) is 19.8. The predicted molar refractivity (Wildman–Crippen MR) is 84.3 cm³/mol. The summed E-state index contributed by atoms with van der Waals surface area (Å²) in [7, 11) is 1.46. The maximum absolute atomic E-state index is 11.6. The average molecular weight is 304 g/mol. The van der Waals surface area contributed by atoms with Gasteiger partial charge in [0.2, 0.25) is 0 Å². The Morgan fingerprint density at radius 1 is 1.43 bits per heavy atom. The molecule has 21 heavy (non-hydrogen) atoms. The minimum Gasteiger partial charge on any atom is -0.469 e. The lowest BCUT2D eigenvalue weighted by molar-refractivity contribution is -0.142. The van der Waals surface area contributed by atoms with E-state index < -0.39 is 0 Å². The number of rotatable bonds is 4. The number of aromatic nitrogens is 1. The lowest BCUT2D eigenvalue weighted by Crippen LogP contribution is -2.40. The Labute approximate surface area is 128 Å². The molecule has 0 N–H and O–H groups in total. The highest BCUT2D eigenvalue weighted by Gasteiger charge is 2.25. The zero-order chi connectivity index (χ0) is 14.7. The number of piperidine rings is 1. The van der Waals surface area contributed by atoms with E-state index in [9.17, 15) is 4.79 Å². The van der Waals surface area contributed by atoms with Crippen molar-refractivity contribution in [3.63, 3.8) is 0 Å². The second-order valence-corrected chi connectivity index (χ2v) is 6.59. The van der Waals surface area contributed by atoms with E-state index in [0.717, 1.165) is 30.0 Å². The fourth-order valence-electron chi connectivity index (χ4n) is 2.94. The van der Waals surface area contributed by atoms with Crippen LogP contribution in [0.4, 0.5) is 0 Å². The van der Waals surface area contributed by atoms with E-state index in [1.54, 1.807) is 11.3 Å². The van der Waals surface area contributed by atoms with E-state index >= 15 is 0 Å². The first kappa shape index (κ1) is 14.5. The molecular formula is C16H20N2O2S. The van der Waals surface area contributed by atoms with Gasteiger partial charge < -0.3 is 4.74 Å². The number of benzene rings is 1. The first-order valence-corrected chi connectivity index (χ1v) is 8.23. The van der Waals surface area contributed by atoms with Gasteiger partial charge in [-0.3, -0.25) is 9.69 Å². The lowest BCUT2D eigenvalue weighted by Gasteiger charge is -2.34. The fraction of sp³-hybridized carbons (Fsp3) is 0.500. The number of hydrogen-bond donors (Lipinski definition) is 0. The molecule has 1 aliphatic heterocycles. The Hall–Kier alpha value is -1.46. The Morgan fingerprint density at radius 3 is 3.10 bits per heavy atom. The Balaban J connectivity index is 1.72. The van der Waals surface area contributed by atoms with Crippen LogP contribution in [0.15, 0.2) is 24.3 Å². The SMILES string of the molecule is COC(=O)CC1CCCCN1Cc1nc2ccccc2s1. The van der Waals surface area contributed by atoms with Gasteiger partial charge in [0.05, 0.1) is 30.3 Å². The summed E-state index contributed by atoms with van der Waals surface area (Å²) in [4.78, 5) is 18.6. The summed E-state index contributed by atoms with van der Waals surface area (Å²) in [5, 5.41) is 1.13. The van der Waals surface area contributed by atoms with Crippen molar-refractivity contribution in [1.29, 1.82) is 0 Å². The molecule has 4 nitrogen and oxygen atoms in total. The molecule has 1 aromatic carbocycles. The summed E-state index contributed by atoms with van der Waals surface area (Å²) in [6, 6.07) is 8.52. The number of carbonyl (C=O) groups is 1. The van der Waals surface area contributed by atoms with Crippen LogP contribution in [0.3, 0.4) is 0 Å². The molecule has 2 heterocycles. The van der Waals surface area contributed by atoms with Crippen molar-refractivity contribution in [2.24, 2.45) is 0 Å². The van der Waals surface area contributed by atoms with E-state index in [4.69, 9.17) is 9.72 Å². The number of hydrogen-bond acceptors (Lipinski definition) is 5. The Kier molecular flexibility index (Phi) is 4.51. The van der Waals surface area contributed by atoms with Crippen molar-refractivity contribution in [2.75, 3.05) is 13.7 Å². The molecular weight excluding hydrogens is 284 g/mol. The van der Waals surface area contributed by atoms with E-state index in [1.807, 2.05) is 12.1 Å². The van der Waals surface area contributed by atoms with E-state index in [-0.39, 0.29) is 5.97 Å². The molecule has 3 rings (SSSR count). The molecule has 1 saturated heterocycles. The van der Waals surface area contributed by atoms with Gasteiger partial charge in [-0.1, -0.05) is 18.6 Å². The van der Waals surface area contributed by atoms with Crippen LogP contribution in [0, 0.1) is 0 Å². The number of fused-ring (bicyclic) bond motifs is 1. The maximum Gasteiger partial charge on any atom is 0.307 e. The highest BCUT2D eigenvalue weighted by Crippen LogP contribution is 2.26. The van der Waals surface area contributed by atoms with Crippen LogP contribution in [0.2, 0.25) is 0 Å². The number of likely N-dealkylation sites (tertiary alicyclic amines) is 1. The molecule has 0 bridgehead atoms. The average Bonchev–Trinajstić information content (AvgIpc) is 2.91. The minimum absolute atomic E-state index is 0.115. The molecule has 0 saturated carbocycles. The van der Waals surface area contributed by atoms with Gasteiger partial charge in [0.1, 0.15) is 5.01 Å². The van der Waals surface area contributed by atoms with Crippen molar-refractivity contribution in [3.05, 3.63) is 29.3 Å². The number of esters is 1. The standard InChI is InChI=1S/C16H20N2O2S/c1-20-16(19)10-12-6-4-5-9-18(12)11-15-17-13-7-2-3-8-14(13)21-15/h2-3,7-8,12H,4-6,9-11H2,1H3. The van der Waals surface area contributed by atoms with Gasteiger partial charge in [-0.25, -0.2) is 4.98 Å². The summed E-state index contributed by atoms with van der Waals surface area (Å²) < 4.78 is 6.05. The van der Waals surface area contributed by atoms with Gasteiger partial charge >= 0.3 is 5.97 Å². The van der Waals surface area contributed by atoms with E-state index in [0.29, 0.717) is 12.5 Å². The highest BCUT2D eigenvalue weighted by molar-refractivity contribution is 7.18. The highest BCUT2D eigenvalue weighted by atomic mass is 32.1. The number of para-hydroxylation sites is 1. The van der Waals surface area contributed by atoms with Gasteiger partial charge in [0, 0.05) is 6.04 Å². The monoisotopic (exact) mass is 304 g/mol. The molecule has 0 spiro atoms. The number of carbonyl (C=O) groups excluding carboxylic acids is 1. The number of nitrogens with zero attached hydrogens (tertiary/aromatic N) is 2. The van der Waals surface area contributed by atoms with Crippen LogP contribution in [0.1, 0.15) is 30.7 Å². The summed E-state index contributed by atoms with van der Waals surface area (Å²) >= 11 is 1.75. The lowest BCUT2D eigenvalue weighted by atomic mass is 9.99. The Morgan fingerprint density at radius 2 is 2.29 bits per heavy atom. The van der Waals surface area contributed by atoms with Crippen molar-refractivity contribution < 1.29 is 9.53 Å². The molecule has 1 atom stereocenters. The van der Waals surface area contributed by atoms with Crippen LogP contribution < -0.4 is 0 Å². The van der Waals surface area contributed by atoms with Gasteiger partial charge in [-0.2, -0.15) is 0 Å². The summed E-state index contributed by atoms with van der Waals surface area (Å²) in [5.74, 6) is -0.115. The quantitative estimate of drug-likeness (QED) is 0.813. The molecule has 1 aliphatic rings. The van der Waals surface area contributed by atoms with Gasteiger partial charge in [-0.05, 0) is 31.5 Å². The third-order valence-corrected chi connectivity index (χ3v) is 5.08. The zero-order valence-corrected chi connectivity index (χ0v) is 13.1. The molecule has 0 radical (unpaired) electrons. The fourth-order valence-corrected chi connectivity index (χ4v) is 3.93. The molecule has 0 amide bonds. The van der Waals surface area contributed by atoms with Gasteiger partial charge in [-0.15, -0.1) is 11.3 Å². The third kappa shape index (κ3) is 3.41. The molecule has 0 aliphatic carbocycles. The second kappa shape index (κ2) is 6.54. The molecule has 2 aromatic rings. The first-order chi connectivity index (χ1) is 10.3. The summed E-state index contributed by atoms with van der Waals surface area (Å²) in [6.07, 6.45) is 3.95. The van der Waals surface area contributed by atoms with Crippen molar-refractivity contribution >= 4 is 27.5 Å². The number of methoxy groups -OCH3 is 1. The summed E-state index contributed by atoms with van der Waals surface area (Å²) in [5.41, 5.74) is 1.07. The largest absolute Gasteiger partial charge is 0.469 e. The van der Waals surface area contributed by atoms with Crippen LogP contribution >= 0.6 is 11.3 Å². The van der Waals surface area contributed by atoms with Crippen molar-refractivity contribution in [1.82, 2.24) is 9.88 Å². The van der Waals surface area contributed by atoms with Crippen molar-refractivity contribution in [2.45, 2.75) is 38.3 Å². The van der Waals surface area contributed by atoms with Crippen LogP contribution in [0.25, 0.3) is 10.2 Å². The van der Waals surface area contributed by atoms with Crippen LogP contribution in [-0.4, -0.2) is 35.5 Å². The van der Waals surface area contributed by atoms with Crippen molar-refractivity contribution in [3.8, 4) is 0 Å². The summed E-state index contributed by atoms with van der Waals surface area (Å²) in [6.45, 7) is 1.87. The topological polar surface area (TPSA) is 42.4 Å². The molecule has 112 valence electrons. The minimum atomic E-state index is -0.115. The maximum atomic E-state index is 11.6. The van der Waals surface area contributed by atoms with E-state index in [1.165, 1.54) is 24.7 Å². The number of thiazole rings is 1. The smallest absolute Gasteiger partial charge is 0.307 e. The Bertz CT molecular complexity index is 593. The third-order valence-electron chi connectivity index (χ3n) is 4.06. The molecule has 1 unspecified atom stereocenters. The number of ether oxygens (including phenoxy) is 1. The van der Waals surface area contributed by atoms with E-state index in [2.05, 4.69) is 17.0 Å². The molecule has 1 fully saturated rings.